The van der Waals surface area contributed by atoms with E-state index in [1.165, 1.54) is 11.3 Å². The number of anilines is 1. The third-order valence-electron chi connectivity index (χ3n) is 3.78. The minimum atomic E-state index is 0.0798. The van der Waals surface area contributed by atoms with E-state index in [0.29, 0.717) is 6.04 Å². The molecule has 110 valence electrons. The second kappa shape index (κ2) is 7.29. The molecule has 0 aliphatic carbocycles. The van der Waals surface area contributed by atoms with Crippen LogP contribution < -0.4 is 15.5 Å². The zero-order chi connectivity index (χ0) is 14.4. The number of amides is 1. The van der Waals surface area contributed by atoms with Crippen LogP contribution in [0.15, 0.2) is 24.3 Å². The maximum absolute atomic E-state index is 11.1. The third kappa shape index (κ3) is 4.23. The molecule has 0 spiro atoms. The van der Waals surface area contributed by atoms with E-state index in [0.717, 1.165) is 39.0 Å². The van der Waals surface area contributed by atoms with Crippen molar-refractivity contribution in [2.75, 3.05) is 24.5 Å². The second-order valence-electron chi connectivity index (χ2n) is 5.41. The monoisotopic (exact) mass is 275 g/mol. The number of carbonyl (C=O) groups is 1. The predicted octanol–water partition coefficient (Wildman–Crippen LogP) is 1.90. The zero-order valence-corrected chi connectivity index (χ0v) is 12.5. The van der Waals surface area contributed by atoms with Crippen LogP contribution in [0.25, 0.3) is 0 Å². The standard InChI is InChI=1S/C16H25N3O/c1-3-17-12-14-4-6-16(7-5-14)19-10-8-15(9-11-19)18-13(2)20/h4-7,15,17H,3,8-12H2,1-2H3,(H,18,20). The lowest BCUT2D eigenvalue weighted by molar-refractivity contribution is -0.119. The molecule has 1 aromatic carbocycles. The maximum Gasteiger partial charge on any atom is 0.217 e. The van der Waals surface area contributed by atoms with Gasteiger partial charge in [0.15, 0.2) is 0 Å². The summed E-state index contributed by atoms with van der Waals surface area (Å²) in [5.74, 6) is 0.0798. The van der Waals surface area contributed by atoms with Gasteiger partial charge in [-0.3, -0.25) is 4.79 Å². The van der Waals surface area contributed by atoms with Crippen molar-refractivity contribution in [1.82, 2.24) is 10.6 Å². The van der Waals surface area contributed by atoms with Gasteiger partial charge >= 0.3 is 0 Å². The lowest BCUT2D eigenvalue weighted by Gasteiger charge is -2.33. The minimum Gasteiger partial charge on any atom is -0.371 e. The van der Waals surface area contributed by atoms with Crippen LogP contribution in [0.3, 0.4) is 0 Å². The summed E-state index contributed by atoms with van der Waals surface area (Å²) in [5.41, 5.74) is 2.61. The largest absolute Gasteiger partial charge is 0.371 e. The van der Waals surface area contributed by atoms with Crippen LogP contribution in [0, 0.1) is 0 Å². The molecule has 0 aromatic heterocycles. The molecule has 20 heavy (non-hydrogen) atoms. The smallest absolute Gasteiger partial charge is 0.217 e. The highest BCUT2D eigenvalue weighted by atomic mass is 16.1. The van der Waals surface area contributed by atoms with E-state index >= 15 is 0 Å². The van der Waals surface area contributed by atoms with Crippen molar-refractivity contribution in [2.45, 2.75) is 39.3 Å². The summed E-state index contributed by atoms with van der Waals surface area (Å²) in [4.78, 5) is 13.5. The molecular weight excluding hydrogens is 250 g/mol. The summed E-state index contributed by atoms with van der Waals surface area (Å²) in [6.45, 7) is 7.66. The lowest BCUT2D eigenvalue weighted by atomic mass is 10.0. The van der Waals surface area contributed by atoms with Gasteiger partial charge in [0.05, 0.1) is 0 Å². The van der Waals surface area contributed by atoms with Crippen molar-refractivity contribution in [1.29, 1.82) is 0 Å². The molecule has 1 aliphatic rings. The van der Waals surface area contributed by atoms with E-state index in [4.69, 9.17) is 0 Å². The fourth-order valence-corrected chi connectivity index (χ4v) is 2.66. The number of carbonyl (C=O) groups excluding carboxylic acids is 1. The molecule has 1 heterocycles. The Labute approximate surface area is 121 Å². The first-order chi connectivity index (χ1) is 9.69. The van der Waals surface area contributed by atoms with Crippen LogP contribution in [-0.4, -0.2) is 31.6 Å². The summed E-state index contributed by atoms with van der Waals surface area (Å²) in [6.07, 6.45) is 2.05. The topological polar surface area (TPSA) is 44.4 Å². The number of benzene rings is 1. The highest BCUT2D eigenvalue weighted by molar-refractivity contribution is 5.73. The quantitative estimate of drug-likeness (QED) is 0.862. The van der Waals surface area contributed by atoms with Crippen LogP contribution >= 0.6 is 0 Å². The average Bonchev–Trinajstić information content (AvgIpc) is 2.46. The first kappa shape index (κ1) is 14.9. The van der Waals surface area contributed by atoms with E-state index in [2.05, 4.69) is 46.7 Å². The Morgan fingerprint density at radius 3 is 2.45 bits per heavy atom. The van der Waals surface area contributed by atoms with Crippen LogP contribution in [0.1, 0.15) is 32.3 Å². The molecule has 0 radical (unpaired) electrons. The van der Waals surface area contributed by atoms with Gasteiger partial charge < -0.3 is 15.5 Å². The Kier molecular flexibility index (Phi) is 5.41. The fraction of sp³-hybridized carbons (Fsp3) is 0.562. The number of hydrogen-bond acceptors (Lipinski definition) is 3. The number of nitrogens with zero attached hydrogens (tertiary/aromatic N) is 1. The Morgan fingerprint density at radius 1 is 1.25 bits per heavy atom. The maximum atomic E-state index is 11.1. The molecule has 0 atom stereocenters. The van der Waals surface area contributed by atoms with Gasteiger partial charge in [-0.1, -0.05) is 19.1 Å². The Bertz CT molecular complexity index is 422. The molecule has 1 aliphatic heterocycles. The van der Waals surface area contributed by atoms with Gasteiger partial charge in [-0.05, 0) is 37.1 Å². The van der Waals surface area contributed by atoms with Crippen molar-refractivity contribution in [2.24, 2.45) is 0 Å². The normalized spacial score (nSPS) is 16.2. The number of piperidine rings is 1. The van der Waals surface area contributed by atoms with E-state index in [9.17, 15) is 4.79 Å². The van der Waals surface area contributed by atoms with Crippen LogP contribution in [0.5, 0.6) is 0 Å². The molecule has 0 saturated carbocycles. The Hall–Kier alpha value is -1.55. The van der Waals surface area contributed by atoms with E-state index in [-0.39, 0.29) is 5.91 Å². The van der Waals surface area contributed by atoms with Gasteiger partial charge in [-0.2, -0.15) is 0 Å². The third-order valence-corrected chi connectivity index (χ3v) is 3.78. The van der Waals surface area contributed by atoms with Crippen LogP contribution in [0.4, 0.5) is 5.69 Å². The molecule has 2 N–H and O–H groups in total. The minimum absolute atomic E-state index is 0.0798. The molecule has 1 amide bonds. The summed E-state index contributed by atoms with van der Waals surface area (Å²) in [7, 11) is 0. The summed E-state index contributed by atoms with van der Waals surface area (Å²) >= 11 is 0. The highest BCUT2D eigenvalue weighted by Gasteiger charge is 2.19. The first-order valence-corrected chi connectivity index (χ1v) is 7.50. The average molecular weight is 275 g/mol. The fourth-order valence-electron chi connectivity index (χ4n) is 2.66. The number of nitrogens with one attached hydrogen (secondary N) is 2. The molecule has 1 saturated heterocycles. The predicted molar refractivity (Wildman–Crippen MR) is 82.9 cm³/mol. The Morgan fingerprint density at radius 2 is 1.90 bits per heavy atom. The lowest BCUT2D eigenvalue weighted by Crippen LogP contribution is -2.44. The molecular formula is C16H25N3O. The van der Waals surface area contributed by atoms with Gasteiger partial charge in [0.2, 0.25) is 5.91 Å². The van der Waals surface area contributed by atoms with Gasteiger partial charge in [0, 0.05) is 38.3 Å². The zero-order valence-electron chi connectivity index (χ0n) is 12.5. The summed E-state index contributed by atoms with van der Waals surface area (Å²) in [5, 5.41) is 6.35. The molecule has 1 aromatic rings. The van der Waals surface area contributed by atoms with Gasteiger partial charge in [-0.25, -0.2) is 0 Å². The van der Waals surface area contributed by atoms with Crippen molar-refractivity contribution in [3.05, 3.63) is 29.8 Å². The first-order valence-electron chi connectivity index (χ1n) is 7.50. The van der Waals surface area contributed by atoms with Crippen LogP contribution in [-0.2, 0) is 11.3 Å². The molecule has 4 heteroatoms. The summed E-state index contributed by atoms with van der Waals surface area (Å²) in [6, 6.07) is 9.13. The molecule has 2 rings (SSSR count). The van der Waals surface area contributed by atoms with Crippen molar-refractivity contribution >= 4 is 11.6 Å². The van der Waals surface area contributed by atoms with Crippen LogP contribution in [0.2, 0.25) is 0 Å². The second-order valence-corrected chi connectivity index (χ2v) is 5.41. The number of hydrogen-bond donors (Lipinski definition) is 2. The van der Waals surface area contributed by atoms with E-state index < -0.39 is 0 Å². The number of rotatable bonds is 5. The molecule has 0 bridgehead atoms. The van der Waals surface area contributed by atoms with E-state index in [1.54, 1.807) is 6.92 Å². The highest BCUT2D eigenvalue weighted by Crippen LogP contribution is 2.20. The van der Waals surface area contributed by atoms with Gasteiger partial charge in [-0.15, -0.1) is 0 Å². The summed E-state index contributed by atoms with van der Waals surface area (Å²) < 4.78 is 0. The van der Waals surface area contributed by atoms with Crippen molar-refractivity contribution in [3.8, 4) is 0 Å². The van der Waals surface area contributed by atoms with Gasteiger partial charge in [0.25, 0.3) is 0 Å². The molecule has 4 nitrogen and oxygen atoms in total. The van der Waals surface area contributed by atoms with Crippen molar-refractivity contribution in [3.63, 3.8) is 0 Å². The van der Waals surface area contributed by atoms with Crippen molar-refractivity contribution < 1.29 is 4.79 Å². The van der Waals surface area contributed by atoms with E-state index in [1.807, 2.05) is 0 Å². The Balaban J connectivity index is 1.85. The SMILES string of the molecule is CCNCc1ccc(N2CCC(NC(C)=O)CC2)cc1. The molecule has 0 unspecified atom stereocenters. The molecule has 1 fully saturated rings. The van der Waals surface area contributed by atoms with Gasteiger partial charge in [0.1, 0.15) is 0 Å².